The van der Waals surface area contributed by atoms with Crippen molar-refractivity contribution in [3.05, 3.63) is 34.4 Å². The molecular weight excluding hydrogens is 348 g/mol. The molecule has 4 aliphatic rings. The summed E-state index contributed by atoms with van der Waals surface area (Å²) in [5, 5.41) is 12.2. The van der Waals surface area contributed by atoms with Crippen molar-refractivity contribution in [3.63, 3.8) is 0 Å². The lowest BCUT2D eigenvalue weighted by Gasteiger charge is -2.63. The second kappa shape index (κ2) is 6.20. The zero-order valence-electron chi connectivity index (χ0n) is 17.7. The molecule has 0 aromatic carbocycles. The van der Waals surface area contributed by atoms with Crippen molar-refractivity contribution < 1.29 is 9.52 Å². The second-order valence-corrected chi connectivity index (χ2v) is 11.2. The minimum absolute atomic E-state index is 0.112. The molecule has 1 unspecified atom stereocenters. The van der Waals surface area contributed by atoms with E-state index >= 15 is 0 Å². The highest BCUT2D eigenvalue weighted by Crippen LogP contribution is 2.70. The van der Waals surface area contributed by atoms with Gasteiger partial charge in [0.15, 0.2) is 0 Å². The third-order valence-corrected chi connectivity index (χ3v) is 10.2. The van der Waals surface area contributed by atoms with E-state index in [-0.39, 0.29) is 11.0 Å². The fourth-order valence-corrected chi connectivity index (χ4v) is 8.54. The summed E-state index contributed by atoms with van der Waals surface area (Å²) in [5.74, 6) is 3.12. The lowest BCUT2D eigenvalue weighted by atomic mass is 9.43. The maximum absolute atomic E-state index is 12.2. The SMILES string of the molecule is C[C@H]1CC[C@]2(C)C3CC[C@]4(C)[C@@H](c5ccc(=O)oc5)CC[C@]4(O)[C@@H]3CC[C@@H]2C1. The summed E-state index contributed by atoms with van der Waals surface area (Å²) < 4.78 is 5.19. The van der Waals surface area contributed by atoms with Crippen molar-refractivity contribution in [3.8, 4) is 0 Å². The molecule has 0 radical (unpaired) electrons. The number of aliphatic hydroxyl groups is 1. The molecule has 4 saturated carbocycles. The smallest absolute Gasteiger partial charge is 0.335 e. The van der Waals surface area contributed by atoms with Crippen molar-refractivity contribution in [2.24, 2.45) is 34.5 Å². The Morgan fingerprint density at radius 3 is 2.57 bits per heavy atom. The zero-order valence-corrected chi connectivity index (χ0v) is 17.7. The predicted molar refractivity (Wildman–Crippen MR) is 110 cm³/mol. The molecule has 4 aliphatic carbocycles. The summed E-state index contributed by atoms with van der Waals surface area (Å²) in [6.45, 7) is 7.31. The monoisotopic (exact) mass is 384 g/mol. The van der Waals surface area contributed by atoms with Crippen LogP contribution in [0.25, 0.3) is 0 Å². The molecule has 5 rings (SSSR count). The lowest BCUT2D eigenvalue weighted by Crippen LogP contribution is -2.61. The molecule has 1 N–H and O–H groups in total. The molecule has 1 heterocycles. The molecule has 8 atom stereocenters. The first kappa shape index (κ1) is 18.9. The van der Waals surface area contributed by atoms with E-state index in [0.717, 1.165) is 36.7 Å². The van der Waals surface area contributed by atoms with E-state index in [1.807, 2.05) is 6.07 Å². The van der Waals surface area contributed by atoms with Crippen molar-refractivity contribution >= 4 is 0 Å². The first-order valence-electron chi connectivity index (χ1n) is 11.6. The molecule has 0 aliphatic heterocycles. The van der Waals surface area contributed by atoms with Gasteiger partial charge < -0.3 is 9.52 Å². The average molecular weight is 385 g/mol. The standard InChI is InChI=1S/C25H36O3/c1-16-8-11-23(2)18(14-16)5-6-21-20(23)9-12-24(3)19(10-13-25(21,24)27)17-4-7-22(26)28-15-17/h4,7,15-16,18-21,27H,5-6,8-14H2,1-3H3/t16-,18+,19+,20?,21+,23-,24+,25-/m0/s1. The van der Waals surface area contributed by atoms with E-state index in [2.05, 4.69) is 20.8 Å². The topological polar surface area (TPSA) is 50.4 Å². The van der Waals surface area contributed by atoms with Gasteiger partial charge in [0.1, 0.15) is 0 Å². The summed E-state index contributed by atoms with van der Waals surface area (Å²) >= 11 is 0. The quantitative estimate of drug-likeness (QED) is 0.694. The Hall–Kier alpha value is -1.09. The summed E-state index contributed by atoms with van der Waals surface area (Å²) in [5.41, 5.74) is 0.545. The predicted octanol–water partition coefficient (Wildman–Crippen LogP) is 5.52. The summed E-state index contributed by atoms with van der Waals surface area (Å²) in [6, 6.07) is 3.47. The van der Waals surface area contributed by atoms with E-state index in [1.54, 1.807) is 6.26 Å². The van der Waals surface area contributed by atoms with Gasteiger partial charge in [0.05, 0.1) is 11.9 Å². The number of hydrogen-bond donors (Lipinski definition) is 1. The van der Waals surface area contributed by atoms with Gasteiger partial charge in [0.2, 0.25) is 0 Å². The van der Waals surface area contributed by atoms with Crippen LogP contribution in [0.15, 0.2) is 27.6 Å². The van der Waals surface area contributed by atoms with E-state index < -0.39 is 5.60 Å². The first-order valence-corrected chi connectivity index (χ1v) is 11.6. The Labute approximate surface area is 168 Å². The molecule has 1 aromatic rings. The van der Waals surface area contributed by atoms with Gasteiger partial charge in [-0.1, -0.05) is 27.2 Å². The van der Waals surface area contributed by atoms with Crippen LogP contribution in [0.5, 0.6) is 0 Å². The largest absolute Gasteiger partial charge is 0.431 e. The van der Waals surface area contributed by atoms with E-state index in [4.69, 9.17) is 4.42 Å². The molecule has 154 valence electrons. The number of rotatable bonds is 1. The van der Waals surface area contributed by atoms with Crippen molar-refractivity contribution in [2.75, 3.05) is 0 Å². The molecule has 0 spiro atoms. The van der Waals surface area contributed by atoms with Crippen LogP contribution in [0.1, 0.15) is 90.0 Å². The molecule has 3 nitrogen and oxygen atoms in total. The van der Waals surface area contributed by atoms with Crippen LogP contribution in [0.3, 0.4) is 0 Å². The third kappa shape index (κ3) is 2.41. The molecule has 3 heteroatoms. The van der Waals surface area contributed by atoms with Crippen LogP contribution in [-0.2, 0) is 0 Å². The maximum Gasteiger partial charge on any atom is 0.335 e. The van der Waals surface area contributed by atoms with Crippen LogP contribution in [0.4, 0.5) is 0 Å². The van der Waals surface area contributed by atoms with Gasteiger partial charge >= 0.3 is 5.63 Å². The van der Waals surface area contributed by atoms with E-state index in [0.29, 0.717) is 23.2 Å². The first-order chi connectivity index (χ1) is 13.3. The van der Waals surface area contributed by atoms with Gasteiger partial charge in [0.25, 0.3) is 0 Å². The molecule has 4 fully saturated rings. The van der Waals surface area contributed by atoms with E-state index in [1.165, 1.54) is 44.6 Å². The zero-order chi connectivity index (χ0) is 19.7. The Balaban J connectivity index is 1.48. The highest BCUT2D eigenvalue weighted by molar-refractivity contribution is 5.27. The van der Waals surface area contributed by atoms with E-state index in [9.17, 15) is 9.90 Å². The number of fused-ring (bicyclic) bond motifs is 5. The van der Waals surface area contributed by atoms with Gasteiger partial charge in [0, 0.05) is 11.5 Å². The fraction of sp³-hybridized carbons (Fsp3) is 0.800. The summed E-state index contributed by atoms with van der Waals surface area (Å²) in [7, 11) is 0. The minimum atomic E-state index is -0.576. The van der Waals surface area contributed by atoms with Crippen LogP contribution in [-0.4, -0.2) is 10.7 Å². The summed E-state index contributed by atoms with van der Waals surface area (Å²) in [6.07, 6.45) is 12.5. The van der Waals surface area contributed by atoms with Crippen molar-refractivity contribution in [1.82, 2.24) is 0 Å². The third-order valence-electron chi connectivity index (χ3n) is 10.2. The summed E-state index contributed by atoms with van der Waals surface area (Å²) in [4.78, 5) is 11.4. The van der Waals surface area contributed by atoms with Gasteiger partial charge in [-0.3, -0.25) is 0 Å². The minimum Gasteiger partial charge on any atom is -0.431 e. The van der Waals surface area contributed by atoms with Crippen molar-refractivity contribution in [2.45, 2.75) is 90.1 Å². The van der Waals surface area contributed by atoms with Gasteiger partial charge in [-0.2, -0.15) is 0 Å². The van der Waals surface area contributed by atoms with Gasteiger partial charge in [-0.05, 0) is 98.0 Å². The maximum atomic E-state index is 12.2. The second-order valence-electron chi connectivity index (χ2n) is 11.2. The Kier molecular flexibility index (Phi) is 4.19. The Morgan fingerprint density at radius 2 is 1.82 bits per heavy atom. The van der Waals surface area contributed by atoms with Crippen molar-refractivity contribution in [1.29, 1.82) is 0 Å². The van der Waals surface area contributed by atoms with Crippen LogP contribution in [0.2, 0.25) is 0 Å². The Bertz CT molecular complexity index is 794. The molecule has 28 heavy (non-hydrogen) atoms. The fourth-order valence-electron chi connectivity index (χ4n) is 8.54. The lowest BCUT2D eigenvalue weighted by molar-refractivity contribution is -0.203. The van der Waals surface area contributed by atoms with Crippen LogP contribution < -0.4 is 5.63 Å². The highest BCUT2D eigenvalue weighted by atomic mass is 16.4. The molecule has 0 bridgehead atoms. The average Bonchev–Trinajstić information content (AvgIpc) is 2.95. The molecular formula is C25H36O3. The molecule has 0 amide bonds. The molecule has 1 aromatic heterocycles. The molecule has 0 saturated heterocycles. The van der Waals surface area contributed by atoms with Crippen LogP contribution >= 0.6 is 0 Å². The Morgan fingerprint density at radius 1 is 1.00 bits per heavy atom. The highest BCUT2D eigenvalue weighted by Gasteiger charge is 2.67. The normalized spacial score (nSPS) is 50.5. The van der Waals surface area contributed by atoms with Crippen LogP contribution in [0, 0.1) is 34.5 Å². The van der Waals surface area contributed by atoms with Gasteiger partial charge in [-0.15, -0.1) is 0 Å². The van der Waals surface area contributed by atoms with Gasteiger partial charge in [-0.25, -0.2) is 4.79 Å². The number of hydrogen-bond acceptors (Lipinski definition) is 3.